The van der Waals surface area contributed by atoms with E-state index in [1.165, 1.54) is 0 Å². The van der Waals surface area contributed by atoms with E-state index in [2.05, 4.69) is 0 Å². The number of rotatable bonds is 7. The van der Waals surface area contributed by atoms with Gasteiger partial charge in [-0.15, -0.1) is 0 Å². The van der Waals surface area contributed by atoms with Gasteiger partial charge in [0.15, 0.2) is 0 Å². The Hall–Kier alpha value is -0.163. The lowest BCUT2D eigenvalue weighted by molar-refractivity contribution is 0.0139. The molecule has 0 aromatic rings. The predicted octanol–water partition coefficient (Wildman–Crippen LogP) is 3.32. The van der Waals surface area contributed by atoms with Gasteiger partial charge in [0.2, 0.25) is 0 Å². The summed E-state index contributed by atoms with van der Waals surface area (Å²) in [5, 5.41) is 0. The molecule has 96 valence electrons. The maximum Gasteiger partial charge on any atom is 0.529 e. The third kappa shape index (κ3) is 6.43. The summed E-state index contributed by atoms with van der Waals surface area (Å²) < 4.78 is 17.7. The zero-order chi connectivity index (χ0) is 12.8. The molecule has 0 rings (SSSR count). The van der Waals surface area contributed by atoms with Gasteiger partial charge in [0.05, 0.1) is 0 Å². The molecule has 0 fully saturated rings. The van der Waals surface area contributed by atoms with Gasteiger partial charge in [0, 0.05) is 18.3 Å². The van der Waals surface area contributed by atoms with Crippen LogP contribution in [0.2, 0.25) is 0 Å². The van der Waals surface area contributed by atoms with Crippen molar-refractivity contribution in [2.45, 2.75) is 66.8 Å². The molecule has 0 unspecified atom stereocenters. The number of allylic oxidation sites excluding steroid dienone is 1. The van der Waals surface area contributed by atoms with E-state index in [4.69, 9.17) is 13.3 Å². The van der Waals surface area contributed by atoms with Crippen LogP contribution in [-0.2, 0) is 13.3 Å². The van der Waals surface area contributed by atoms with Gasteiger partial charge in [0.1, 0.15) is 0 Å². The van der Waals surface area contributed by atoms with Crippen LogP contribution in [0.3, 0.4) is 0 Å². The van der Waals surface area contributed by atoms with Crippen molar-refractivity contribution in [3.63, 3.8) is 0 Å². The Morgan fingerprint density at radius 2 is 1.06 bits per heavy atom. The van der Waals surface area contributed by atoms with Gasteiger partial charge < -0.3 is 13.3 Å². The zero-order valence-corrected chi connectivity index (χ0v) is 12.6. The maximum absolute atomic E-state index is 5.91. The van der Waals surface area contributed by atoms with E-state index in [0.29, 0.717) is 0 Å². The van der Waals surface area contributed by atoms with Gasteiger partial charge in [-0.05, 0) is 54.2 Å². The van der Waals surface area contributed by atoms with E-state index in [9.17, 15) is 0 Å². The molecule has 0 amide bonds. The Balaban J connectivity index is 4.87. The fourth-order valence-corrected chi connectivity index (χ4v) is 4.17. The first kappa shape index (κ1) is 15.8. The normalized spacial score (nSPS) is 13.6. The summed E-state index contributed by atoms with van der Waals surface area (Å²) in [6.45, 7) is 13.9. The van der Waals surface area contributed by atoms with Crippen LogP contribution in [0.15, 0.2) is 11.8 Å². The lowest BCUT2D eigenvalue weighted by atomic mass is 10.5. The lowest BCUT2D eigenvalue weighted by Crippen LogP contribution is -2.49. The summed E-state index contributed by atoms with van der Waals surface area (Å²) in [7, 11) is -2.67. The summed E-state index contributed by atoms with van der Waals surface area (Å²) in [4.78, 5) is 0. The minimum Gasteiger partial charge on any atom is -0.368 e. The first-order chi connectivity index (χ1) is 7.31. The van der Waals surface area contributed by atoms with E-state index in [1.54, 1.807) is 0 Å². The summed E-state index contributed by atoms with van der Waals surface area (Å²) in [6, 6.07) is 0. The number of hydrogen-bond donors (Lipinski definition) is 0. The molecule has 0 radical (unpaired) electrons. The van der Waals surface area contributed by atoms with Gasteiger partial charge in [-0.2, -0.15) is 0 Å². The van der Waals surface area contributed by atoms with Crippen molar-refractivity contribution in [2.24, 2.45) is 0 Å². The molecule has 0 heterocycles. The Morgan fingerprint density at radius 3 is 1.25 bits per heavy atom. The van der Waals surface area contributed by atoms with E-state index in [0.717, 1.165) is 0 Å². The molecule has 0 spiro atoms. The maximum atomic E-state index is 5.91. The minimum absolute atomic E-state index is 0.0976. The van der Waals surface area contributed by atoms with Crippen LogP contribution in [0, 0.1) is 0 Å². The molecule has 0 aliphatic heterocycles. The topological polar surface area (TPSA) is 27.7 Å². The molecule has 0 atom stereocenters. The summed E-state index contributed by atoms with van der Waals surface area (Å²) in [6.07, 6.45) is 2.24. The SMILES string of the molecule is CC=C[Si](OC(C)C)(OC(C)C)OC(C)C. The third-order valence-corrected chi connectivity index (χ3v) is 4.71. The Labute approximate surface area is 101 Å². The van der Waals surface area contributed by atoms with Crippen molar-refractivity contribution in [1.82, 2.24) is 0 Å². The summed E-state index contributed by atoms with van der Waals surface area (Å²) >= 11 is 0. The Bertz CT molecular complexity index is 186. The fourth-order valence-electron chi connectivity index (χ4n) is 1.39. The van der Waals surface area contributed by atoms with E-state index < -0.39 is 8.80 Å². The summed E-state index contributed by atoms with van der Waals surface area (Å²) in [5.41, 5.74) is 1.95. The second kappa shape index (κ2) is 7.22. The van der Waals surface area contributed by atoms with Gasteiger partial charge in [0.25, 0.3) is 0 Å². The molecule has 4 heteroatoms. The average molecular weight is 246 g/mol. The first-order valence-corrected chi connectivity index (χ1v) is 7.79. The van der Waals surface area contributed by atoms with E-state index >= 15 is 0 Å². The zero-order valence-electron chi connectivity index (χ0n) is 11.6. The largest absolute Gasteiger partial charge is 0.529 e. The smallest absolute Gasteiger partial charge is 0.368 e. The molecular weight excluding hydrogens is 220 g/mol. The highest BCUT2D eigenvalue weighted by molar-refractivity contribution is 6.66. The molecule has 0 aromatic heterocycles. The van der Waals surface area contributed by atoms with Crippen LogP contribution in [0.25, 0.3) is 0 Å². The molecule has 0 aliphatic carbocycles. The number of hydrogen-bond acceptors (Lipinski definition) is 3. The minimum atomic E-state index is -2.67. The standard InChI is InChI=1S/C12H26O3Si/c1-8-9-16(13-10(2)3,14-11(4)5)15-12(6)7/h8-12H,1-7H3. The second-order valence-corrected chi connectivity index (χ2v) is 6.85. The molecule has 16 heavy (non-hydrogen) atoms. The van der Waals surface area contributed by atoms with Gasteiger partial charge in [-0.25, -0.2) is 0 Å². The van der Waals surface area contributed by atoms with Crippen LogP contribution >= 0.6 is 0 Å². The van der Waals surface area contributed by atoms with Crippen molar-refractivity contribution in [2.75, 3.05) is 0 Å². The highest BCUT2D eigenvalue weighted by atomic mass is 28.4. The molecule has 3 nitrogen and oxygen atoms in total. The molecule has 0 N–H and O–H groups in total. The predicted molar refractivity (Wildman–Crippen MR) is 69.2 cm³/mol. The molecule has 0 bridgehead atoms. The van der Waals surface area contributed by atoms with Gasteiger partial charge in [-0.1, -0.05) is 6.08 Å². The average Bonchev–Trinajstić information content (AvgIpc) is 1.98. The molecular formula is C12H26O3Si. The van der Waals surface area contributed by atoms with E-state index in [-0.39, 0.29) is 18.3 Å². The van der Waals surface area contributed by atoms with Crippen molar-refractivity contribution in [1.29, 1.82) is 0 Å². The van der Waals surface area contributed by atoms with Crippen LogP contribution in [0.1, 0.15) is 48.5 Å². The van der Waals surface area contributed by atoms with Crippen molar-refractivity contribution >= 4 is 8.80 Å². The van der Waals surface area contributed by atoms with E-state index in [1.807, 2.05) is 60.2 Å². The Kier molecular flexibility index (Phi) is 7.15. The van der Waals surface area contributed by atoms with Crippen LogP contribution in [0.5, 0.6) is 0 Å². The second-order valence-electron chi connectivity index (χ2n) is 4.60. The molecule has 0 aromatic carbocycles. The fraction of sp³-hybridized carbons (Fsp3) is 0.833. The third-order valence-electron chi connectivity index (χ3n) is 1.57. The van der Waals surface area contributed by atoms with Crippen LogP contribution < -0.4 is 0 Å². The monoisotopic (exact) mass is 246 g/mol. The Morgan fingerprint density at radius 1 is 0.750 bits per heavy atom. The van der Waals surface area contributed by atoms with Crippen molar-refractivity contribution < 1.29 is 13.3 Å². The molecule has 0 saturated carbocycles. The molecule has 0 aliphatic rings. The van der Waals surface area contributed by atoms with Gasteiger partial charge >= 0.3 is 8.80 Å². The summed E-state index contributed by atoms with van der Waals surface area (Å²) in [5.74, 6) is 0. The van der Waals surface area contributed by atoms with Crippen LogP contribution in [0.4, 0.5) is 0 Å². The lowest BCUT2D eigenvalue weighted by Gasteiger charge is -2.32. The highest BCUT2D eigenvalue weighted by Crippen LogP contribution is 2.18. The van der Waals surface area contributed by atoms with Crippen molar-refractivity contribution in [3.8, 4) is 0 Å². The van der Waals surface area contributed by atoms with Crippen LogP contribution in [-0.4, -0.2) is 27.1 Å². The molecule has 0 saturated heterocycles. The van der Waals surface area contributed by atoms with Crippen molar-refractivity contribution in [3.05, 3.63) is 11.8 Å². The quantitative estimate of drug-likeness (QED) is 0.645. The first-order valence-electron chi connectivity index (χ1n) is 5.98. The van der Waals surface area contributed by atoms with Gasteiger partial charge in [-0.3, -0.25) is 0 Å². The highest BCUT2D eigenvalue weighted by Gasteiger charge is 2.41.